The van der Waals surface area contributed by atoms with Crippen LogP contribution in [0.2, 0.25) is 0 Å². The number of amides is 1. The lowest BCUT2D eigenvalue weighted by Gasteiger charge is -2.12. The number of hydrogen-bond acceptors (Lipinski definition) is 4. The number of nitrogens with zero attached hydrogens (tertiary/aromatic N) is 2. The molecule has 1 heterocycles. The standard InChI is InChI=1S/C16H19N3O2/c1-12(9-11-21-14-6-4-3-5-7-14)15(20)19-16-17-10-8-13(2)18-16/h3-8,10,12H,9,11H2,1-2H3,(H,17,18,19,20). The smallest absolute Gasteiger partial charge is 0.229 e. The maximum atomic E-state index is 12.0. The van der Waals surface area contributed by atoms with E-state index in [0.717, 1.165) is 11.4 Å². The average molecular weight is 285 g/mol. The largest absolute Gasteiger partial charge is 0.494 e. The van der Waals surface area contributed by atoms with Gasteiger partial charge in [-0.25, -0.2) is 9.97 Å². The molecule has 1 aromatic heterocycles. The molecule has 2 aromatic rings. The molecule has 0 saturated carbocycles. The van der Waals surface area contributed by atoms with Crippen LogP contribution in [0.25, 0.3) is 0 Å². The van der Waals surface area contributed by atoms with Crippen LogP contribution in [-0.2, 0) is 4.79 Å². The summed E-state index contributed by atoms with van der Waals surface area (Å²) in [6, 6.07) is 11.3. The predicted molar refractivity (Wildman–Crippen MR) is 81.1 cm³/mol. The van der Waals surface area contributed by atoms with E-state index in [1.54, 1.807) is 12.3 Å². The molecule has 0 fully saturated rings. The van der Waals surface area contributed by atoms with Crippen molar-refractivity contribution >= 4 is 11.9 Å². The average Bonchev–Trinajstić information content (AvgIpc) is 2.48. The first-order valence-corrected chi connectivity index (χ1v) is 6.93. The number of carbonyl (C=O) groups is 1. The van der Waals surface area contributed by atoms with Crippen LogP contribution in [0, 0.1) is 12.8 Å². The van der Waals surface area contributed by atoms with Crippen molar-refractivity contribution in [1.29, 1.82) is 0 Å². The minimum Gasteiger partial charge on any atom is -0.494 e. The molecule has 1 unspecified atom stereocenters. The third-order valence-electron chi connectivity index (χ3n) is 3.04. The molecule has 0 aliphatic rings. The molecule has 5 nitrogen and oxygen atoms in total. The topological polar surface area (TPSA) is 64.1 Å². The molecule has 110 valence electrons. The molecule has 0 aliphatic carbocycles. The van der Waals surface area contributed by atoms with Gasteiger partial charge in [0, 0.05) is 17.8 Å². The number of rotatable bonds is 6. The van der Waals surface area contributed by atoms with Gasteiger partial charge in [0.05, 0.1) is 6.61 Å². The molecule has 0 saturated heterocycles. The fraction of sp³-hybridized carbons (Fsp3) is 0.312. The second-order valence-corrected chi connectivity index (χ2v) is 4.86. The first kappa shape index (κ1) is 15.0. The monoisotopic (exact) mass is 285 g/mol. The highest BCUT2D eigenvalue weighted by Gasteiger charge is 2.14. The van der Waals surface area contributed by atoms with Gasteiger partial charge in [0.15, 0.2) is 0 Å². The van der Waals surface area contributed by atoms with E-state index in [2.05, 4.69) is 15.3 Å². The minimum atomic E-state index is -0.169. The lowest BCUT2D eigenvalue weighted by molar-refractivity contribution is -0.119. The van der Waals surface area contributed by atoms with Crippen molar-refractivity contribution in [3.8, 4) is 5.75 Å². The minimum absolute atomic E-state index is 0.0998. The fourth-order valence-electron chi connectivity index (χ4n) is 1.74. The summed E-state index contributed by atoms with van der Waals surface area (Å²) in [6.07, 6.45) is 2.26. The number of nitrogens with one attached hydrogen (secondary N) is 1. The van der Waals surface area contributed by atoms with Gasteiger partial charge in [0.25, 0.3) is 0 Å². The Bertz CT molecular complexity index is 587. The van der Waals surface area contributed by atoms with Crippen molar-refractivity contribution in [2.75, 3.05) is 11.9 Å². The van der Waals surface area contributed by atoms with Gasteiger partial charge < -0.3 is 4.74 Å². The Morgan fingerprint density at radius 2 is 2.05 bits per heavy atom. The number of para-hydroxylation sites is 1. The van der Waals surface area contributed by atoms with Crippen LogP contribution in [0.15, 0.2) is 42.6 Å². The lowest BCUT2D eigenvalue weighted by Crippen LogP contribution is -2.23. The Morgan fingerprint density at radius 1 is 1.29 bits per heavy atom. The Hall–Kier alpha value is -2.43. The maximum Gasteiger partial charge on any atom is 0.229 e. The summed E-state index contributed by atoms with van der Waals surface area (Å²) in [7, 11) is 0. The van der Waals surface area contributed by atoms with Crippen LogP contribution in [0.3, 0.4) is 0 Å². The van der Waals surface area contributed by atoms with Crippen LogP contribution >= 0.6 is 0 Å². The Labute approximate surface area is 124 Å². The second-order valence-electron chi connectivity index (χ2n) is 4.86. The number of aromatic nitrogens is 2. The number of benzene rings is 1. The van der Waals surface area contributed by atoms with Crippen molar-refractivity contribution in [1.82, 2.24) is 9.97 Å². The first-order chi connectivity index (χ1) is 10.1. The van der Waals surface area contributed by atoms with Gasteiger partial charge in [0.2, 0.25) is 11.9 Å². The molecule has 1 amide bonds. The summed E-state index contributed by atoms with van der Waals surface area (Å²) in [6.45, 7) is 4.21. The van der Waals surface area contributed by atoms with Crippen molar-refractivity contribution in [2.24, 2.45) is 5.92 Å². The molecule has 1 aromatic carbocycles. The number of aryl methyl sites for hydroxylation is 1. The van der Waals surface area contributed by atoms with Gasteiger partial charge in [0.1, 0.15) is 5.75 Å². The van der Waals surface area contributed by atoms with Crippen LogP contribution in [0.4, 0.5) is 5.95 Å². The number of ether oxygens (including phenoxy) is 1. The summed E-state index contributed by atoms with van der Waals surface area (Å²) < 4.78 is 5.58. The SMILES string of the molecule is Cc1ccnc(NC(=O)C(C)CCOc2ccccc2)n1. The highest BCUT2D eigenvalue weighted by Crippen LogP contribution is 2.11. The van der Waals surface area contributed by atoms with Crippen molar-refractivity contribution in [3.63, 3.8) is 0 Å². The van der Waals surface area contributed by atoms with Gasteiger partial charge >= 0.3 is 0 Å². The third kappa shape index (κ3) is 4.87. The highest BCUT2D eigenvalue weighted by molar-refractivity contribution is 5.90. The maximum absolute atomic E-state index is 12.0. The lowest BCUT2D eigenvalue weighted by atomic mass is 10.1. The van der Waals surface area contributed by atoms with E-state index in [1.807, 2.05) is 44.2 Å². The molecule has 0 bridgehead atoms. The van der Waals surface area contributed by atoms with E-state index < -0.39 is 0 Å². The van der Waals surface area contributed by atoms with Gasteiger partial charge in [-0.05, 0) is 31.5 Å². The van der Waals surface area contributed by atoms with Crippen LogP contribution in [0.5, 0.6) is 5.75 Å². The second kappa shape index (κ2) is 7.38. The molecule has 0 spiro atoms. The van der Waals surface area contributed by atoms with Crippen LogP contribution < -0.4 is 10.1 Å². The molecule has 1 N–H and O–H groups in total. The summed E-state index contributed by atoms with van der Waals surface area (Å²) >= 11 is 0. The van der Waals surface area contributed by atoms with Crippen LogP contribution in [0.1, 0.15) is 19.0 Å². The Kier molecular flexibility index (Phi) is 5.26. The van der Waals surface area contributed by atoms with Crippen molar-refractivity contribution in [2.45, 2.75) is 20.3 Å². The molecule has 0 aliphatic heterocycles. The highest BCUT2D eigenvalue weighted by atomic mass is 16.5. The zero-order valence-corrected chi connectivity index (χ0v) is 12.2. The molecular weight excluding hydrogens is 266 g/mol. The molecular formula is C16H19N3O2. The zero-order valence-electron chi connectivity index (χ0n) is 12.2. The molecule has 5 heteroatoms. The molecule has 21 heavy (non-hydrogen) atoms. The first-order valence-electron chi connectivity index (χ1n) is 6.93. The van der Waals surface area contributed by atoms with E-state index in [9.17, 15) is 4.79 Å². The van der Waals surface area contributed by atoms with Crippen molar-refractivity contribution in [3.05, 3.63) is 48.3 Å². The van der Waals surface area contributed by atoms with Crippen molar-refractivity contribution < 1.29 is 9.53 Å². The van der Waals surface area contributed by atoms with Gasteiger partial charge in [-0.2, -0.15) is 0 Å². The molecule has 1 atom stereocenters. The third-order valence-corrected chi connectivity index (χ3v) is 3.04. The quantitative estimate of drug-likeness (QED) is 0.886. The van der Waals surface area contributed by atoms with Gasteiger partial charge in [-0.3, -0.25) is 10.1 Å². The molecule has 2 rings (SSSR count). The molecule has 0 radical (unpaired) electrons. The number of hydrogen-bond donors (Lipinski definition) is 1. The van der Waals surface area contributed by atoms with Crippen LogP contribution in [-0.4, -0.2) is 22.5 Å². The summed E-state index contributed by atoms with van der Waals surface area (Å²) in [5.41, 5.74) is 0.820. The van der Waals surface area contributed by atoms with E-state index >= 15 is 0 Å². The normalized spacial score (nSPS) is 11.7. The summed E-state index contributed by atoms with van der Waals surface area (Å²) in [5.74, 6) is 0.887. The Balaban J connectivity index is 1.77. The fourth-order valence-corrected chi connectivity index (χ4v) is 1.74. The van der Waals surface area contributed by atoms with E-state index in [-0.39, 0.29) is 11.8 Å². The summed E-state index contributed by atoms with van der Waals surface area (Å²) in [4.78, 5) is 20.2. The van der Waals surface area contributed by atoms with Gasteiger partial charge in [-0.1, -0.05) is 25.1 Å². The number of anilines is 1. The predicted octanol–water partition coefficient (Wildman–Crippen LogP) is 2.83. The van der Waals surface area contributed by atoms with Gasteiger partial charge in [-0.15, -0.1) is 0 Å². The Morgan fingerprint density at radius 3 is 2.76 bits per heavy atom. The number of carbonyl (C=O) groups excluding carboxylic acids is 1. The van der Waals surface area contributed by atoms with E-state index in [0.29, 0.717) is 19.0 Å². The van der Waals surface area contributed by atoms with E-state index in [4.69, 9.17) is 4.74 Å². The summed E-state index contributed by atoms with van der Waals surface area (Å²) in [5, 5.41) is 2.71. The zero-order chi connectivity index (χ0) is 15.1. The van der Waals surface area contributed by atoms with E-state index in [1.165, 1.54) is 0 Å².